The van der Waals surface area contributed by atoms with Gasteiger partial charge in [-0.2, -0.15) is 0 Å². The summed E-state index contributed by atoms with van der Waals surface area (Å²) in [5.41, 5.74) is 0.388. The second-order valence-corrected chi connectivity index (χ2v) is 8.05. The van der Waals surface area contributed by atoms with E-state index in [0.29, 0.717) is 10.6 Å². The molecule has 2 rings (SSSR count). The average molecular weight is 408 g/mol. The fourth-order valence-corrected chi connectivity index (χ4v) is 4.04. The van der Waals surface area contributed by atoms with Crippen LogP contribution in [0.1, 0.15) is 10.8 Å². The van der Waals surface area contributed by atoms with Crippen molar-refractivity contribution in [1.29, 1.82) is 0 Å². The van der Waals surface area contributed by atoms with Gasteiger partial charge in [0.1, 0.15) is 5.25 Å². The number of nitrogens with zero attached hydrogens (tertiary/aromatic N) is 1. The van der Waals surface area contributed by atoms with Crippen molar-refractivity contribution < 1.29 is 18.0 Å². The maximum atomic E-state index is 13.1. The van der Waals surface area contributed by atoms with Crippen molar-refractivity contribution in [2.24, 2.45) is 0 Å². The van der Waals surface area contributed by atoms with Crippen molar-refractivity contribution in [2.75, 3.05) is 13.1 Å². The number of halogens is 1. The zero-order valence-electron chi connectivity index (χ0n) is 14.3. The van der Waals surface area contributed by atoms with E-state index in [0.717, 1.165) is 0 Å². The lowest BCUT2D eigenvalue weighted by molar-refractivity contribution is -0.139. The Balaban J connectivity index is 2.27. The predicted octanol–water partition coefficient (Wildman–Crippen LogP) is 1.67. The molecular weight excluding hydrogens is 390 g/mol. The third kappa shape index (κ3) is 5.38. The van der Waals surface area contributed by atoms with Crippen molar-refractivity contribution in [1.82, 2.24) is 15.6 Å². The fourth-order valence-electron chi connectivity index (χ4n) is 2.27. The van der Waals surface area contributed by atoms with Crippen LogP contribution in [0.25, 0.3) is 0 Å². The second kappa shape index (κ2) is 9.29. The molecule has 0 saturated carbocycles. The molecule has 9 heteroatoms. The monoisotopic (exact) mass is 407 g/mol. The van der Waals surface area contributed by atoms with Crippen LogP contribution in [0.2, 0.25) is 5.02 Å². The number of pyridine rings is 1. The number of sulfone groups is 1. The fraction of sp³-hybridized carbons (Fsp3) is 0.167. The van der Waals surface area contributed by atoms with E-state index >= 15 is 0 Å². The van der Waals surface area contributed by atoms with Crippen molar-refractivity contribution >= 4 is 33.3 Å². The van der Waals surface area contributed by atoms with Crippen LogP contribution in [0.15, 0.2) is 66.3 Å². The molecule has 0 spiro atoms. The molecule has 2 aromatic rings. The molecule has 0 aliphatic carbocycles. The number of carbonyl (C=O) groups excluding carboxylic acids is 2. The summed E-state index contributed by atoms with van der Waals surface area (Å²) in [4.78, 5) is 27.6. The quantitative estimate of drug-likeness (QED) is 0.536. The summed E-state index contributed by atoms with van der Waals surface area (Å²) in [6.07, 6.45) is 4.34. The molecule has 0 radical (unpaired) electrons. The molecule has 1 heterocycles. The first-order chi connectivity index (χ1) is 12.9. The van der Waals surface area contributed by atoms with Gasteiger partial charge in [-0.25, -0.2) is 8.42 Å². The van der Waals surface area contributed by atoms with E-state index in [1.54, 1.807) is 12.1 Å². The van der Waals surface area contributed by atoms with Crippen molar-refractivity contribution in [2.45, 2.75) is 10.1 Å². The largest absolute Gasteiger partial charge is 0.346 e. The van der Waals surface area contributed by atoms with Crippen LogP contribution < -0.4 is 10.6 Å². The molecule has 142 valence electrons. The lowest BCUT2D eigenvalue weighted by Gasteiger charge is -2.18. The molecule has 27 heavy (non-hydrogen) atoms. The van der Waals surface area contributed by atoms with Crippen LogP contribution in [-0.4, -0.2) is 38.3 Å². The van der Waals surface area contributed by atoms with Gasteiger partial charge in [0.2, 0.25) is 0 Å². The number of amides is 2. The summed E-state index contributed by atoms with van der Waals surface area (Å²) in [6, 6.07) is 8.90. The van der Waals surface area contributed by atoms with Gasteiger partial charge >= 0.3 is 11.8 Å². The molecular formula is C18H18ClN3O4S. The van der Waals surface area contributed by atoms with Crippen LogP contribution in [-0.2, 0) is 19.4 Å². The highest BCUT2D eigenvalue weighted by Gasteiger charge is 2.30. The van der Waals surface area contributed by atoms with Crippen LogP contribution in [0, 0.1) is 0 Å². The molecule has 0 aliphatic heterocycles. The normalized spacial score (nSPS) is 12.0. The van der Waals surface area contributed by atoms with Gasteiger partial charge in [0.05, 0.1) is 4.90 Å². The topological polar surface area (TPSA) is 105 Å². The lowest BCUT2D eigenvalue weighted by atomic mass is 10.2. The molecule has 2 N–H and O–H groups in total. The van der Waals surface area contributed by atoms with E-state index in [9.17, 15) is 18.0 Å². The predicted molar refractivity (Wildman–Crippen MR) is 102 cm³/mol. The van der Waals surface area contributed by atoms with Gasteiger partial charge in [-0.05, 0) is 35.9 Å². The molecule has 0 aliphatic rings. The molecule has 1 atom stereocenters. The number of rotatable bonds is 7. The Hall–Kier alpha value is -2.71. The van der Waals surface area contributed by atoms with Crippen molar-refractivity contribution in [3.8, 4) is 0 Å². The van der Waals surface area contributed by atoms with E-state index in [-0.39, 0.29) is 18.0 Å². The smallest absolute Gasteiger partial charge is 0.309 e. The maximum Gasteiger partial charge on any atom is 0.309 e. The highest BCUT2D eigenvalue weighted by atomic mass is 35.5. The summed E-state index contributed by atoms with van der Waals surface area (Å²) < 4.78 is 26.1. The van der Waals surface area contributed by atoms with E-state index in [1.165, 1.54) is 42.7 Å². The number of aromatic nitrogens is 1. The van der Waals surface area contributed by atoms with Crippen molar-refractivity contribution in [3.63, 3.8) is 0 Å². The minimum Gasteiger partial charge on any atom is -0.346 e. The first-order valence-electron chi connectivity index (χ1n) is 7.92. The summed E-state index contributed by atoms with van der Waals surface area (Å²) >= 11 is 5.82. The van der Waals surface area contributed by atoms with Gasteiger partial charge in [0.25, 0.3) is 0 Å². The Labute approximate surface area is 162 Å². The van der Waals surface area contributed by atoms with Gasteiger partial charge in [-0.3, -0.25) is 14.6 Å². The third-order valence-electron chi connectivity index (χ3n) is 3.63. The molecule has 7 nitrogen and oxygen atoms in total. The summed E-state index contributed by atoms with van der Waals surface area (Å²) in [5, 5.41) is 3.97. The van der Waals surface area contributed by atoms with Gasteiger partial charge in [0.15, 0.2) is 9.84 Å². The Kier molecular flexibility index (Phi) is 7.09. The number of hydrogen-bond acceptors (Lipinski definition) is 5. The van der Waals surface area contributed by atoms with Crippen molar-refractivity contribution in [3.05, 3.63) is 72.0 Å². The molecule has 2 amide bonds. The van der Waals surface area contributed by atoms with E-state index < -0.39 is 26.9 Å². The van der Waals surface area contributed by atoms with E-state index in [4.69, 9.17) is 11.6 Å². The molecule has 1 aromatic heterocycles. The first-order valence-corrected chi connectivity index (χ1v) is 9.85. The molecule has 0 unspecified atom stereocenters. The zero-order valence-corrected chi connectivity index (χ0v) is 15.8. The maximum absolute atomic E-state index is 13.1. The number of carbonyl (C=O) groups is 2. The highest BCUT2D eigenvalue weighted by molar-refractivity contribution is 7.91. The number of nitrogens with one attached hydrogen (secondary N) is 2. The number of hydrogen-bond donors (Lipinski definition) is 2. The summed E-state index contributed by atoms with van der Waals surface area (Å²) in [6.45, 7) is 3.27. The van der Waals surface area contributed by atoms with Crippen LogP contribution >= 0.6 is 11.6 Å². The summed E-state index contributed by atoms with van der Waals surface area (Å²) in [5.74, 6) is -1.80. The summed E-state index contributed by atoms with van der Waals surface area (Å²) in [7, 11) is -3.87. The zero-order chi connectivity index (χ0) is 19.9. The minimum atomic E-state index is -3.87. The third-order valence-corrected chi connectivity index (χ3v) is 6.00. The second-order valence-electron chi connectivity index (χ2n) is 5.48. The highest BCUT2D eigenvalue weighted by Crippen LogP contribution is 2.28. The van der Waals surface area contributed by atoms with Gasteiger partial charge in [-0.15, -0.1) is 6.58 Å². The van der Waals surface area contributed by atoms with Gasteiger partial charge < -0.3 is 10.6 Å². The standard InChI is InChI=1S/C18H18ClN3O4S/c1-2-9-21-17(23)18(24)22-12-16(13-4-3-10-20-11-13)27(25,26)15-7-5-14(19)6-8-15/h2-8,10-11,16H,1,9,12H2,(H,21,23)(H,22,24)/t16-/m0/s1. The first kappa shape index (κ1) is 20.6. The van der Waals surface area contributed by atoms with E-state index in [1.807, 2.05) is 0 Å². The Morgan fingerprint density at radius 3 is 2.41 bits per heavy atom. The Morgan fingerprint density at radius 1 is 1.15 bits per heavy atom. The lowest BCUT2D eigenvalue weighted by Crippen LogP contribution is -2.42. The van der Waals surface area contributed by atoms with Crippen LogP contribution in [0.4, 0.5) is 0 Å². The van der Waals surface area contributed by atoms with Gasteiger partial charge in [0, 0.05) is 30.5 Å². The number of benzene rings is 1. The SMILES string of the molecule is C=CCNC(=O)C(=O)NC[C@@H](c1cccnc1)S(=O)(=O)c1ccc(Cl)cc1. The van der Waals surface area contributed by atoms with Crippen LogP contribution in [0.3, 0.4) is 0 Å². The Bertz CT molecular complexity index is 915. The molecule has 0 saturated heterocycles. The van der Waals surface area contributed by atoms with Crippen LogP contribution in [0.5, 0.6) is 0 Å². The van der Waals surface area contributed by atoms with Gasteiger partial charge in [-0.1, -0.05) is 23.7 Å². The molecule has 0 bridgehead atoms. The molecule has 0 fully saturated rings. The minimum absolute atomic E-state index is 0.0473. The Morgan fingerprint density at radius 2 is 1.81 bits per heavy atom. The molecule has 1 aromatic carbocycles. The van der Waals surface area contributed by atoms with E-state index in [2.05, 4.69) is 22.2 Å². The average Bonchev–Trinajstić information content (AvgIpc) is 2.67.